The van der Waals surface area contributed by atoms with E-state index >= 15 is 0 Å². The molecule has 1 aromatic rings. The Hall–Kier alpha value is -1.91. The number of allylic oxidation sites excluding steroid dienone is 2. The van der Waals surface area contributed by atoms with Crippen LogP contribution in [-0.4, -0.2) is 20.9 Å². The third kappa shape index (κ3) is 4.63. The first-order valence-electron chi connectivity index (χ1n) is 15.1. The maximum absolute atomic E-state index is 12.9. The summed E-state index contributed by atoms with van der Waals surface area (Å²) < 4.78 is 0.823. The average molecular weight is 512 g/mol. The normalized spacial score (nSPS) is 37.9. The molecule has 5 nitrogen and oxygen atoms in total. The summed E-state index contributed by atoms with van der Waals surface area (Å²) in [5.74, 6) is 3.71. The van der Waals surface area contributed by atoms with Crippen molar-refractivity contribution in [1.29, 1.82) is 0 Å². The molecule has 0 aliphatic heterocycles. The summed E-state index contributed by atoms with van der Waals surface area (Å²) >= 11 is 0. The largest absolute Gasteiger partial charge is 0.492 e. The van der Waals surface area contributed by atoms with Gasteiger partial charge in [0.1, 0.15) is 0 Å². The van der Waals surface area contributed by atoms with Crippen LogP contribution in [0.1, 0.15) is 105 Å². The number of nitrogens with zero attached hydrogens (tertiary/aromatic N) is 1. The third-order valence-electron chi connectivity index (χ3n) is 11.6. The SMILES string of the molecule is CC(C)CCC[C@@H](C)[C@H]1CCC2C3CC=C4CC(C(=O)On5c(O)ccc5O)CC[C@]4(C)C3CC[C@@]21C. The molecule has 1 heterocycles. The summed E-state index contributed by atoms with van der Waals surface area (Å²) in [6, 6.07) is 2.64. The van der Waals surface area contributed by atoms with Crippen LogP contribution < -0.4 is 4.84 Å². The quantitative estimate of drug-likeness (QED) is 0.372. The maximum atomic E-state index is 12.9. The Morgan fingerprint density at radius 2 is 1.76 bits per heavy atom. The van der Waals surface area contributed by atoms with Crippen LogP contribution in [0.3, 0.4) is 0 Å². The van der Waals surface area contributed by atoms with Gasteiger partial charge in [-0.05, 0) is 97.7 Å². The van der Waals surface area contributed by atoms with Gasteiger partial charge in [0.05, 0.1) is 5.92 Å². The van der Waals surface area contributed by atoms with Gasteiger partial charge in [-0.25, -0.2) is 4.79 Å². The van der Waals surface area contributed by atoms with Gasteiger partial charge in [-0.1, -0.05) is 65.5 Å². The Labute approximate surface area is 223 Å². The average Bonchev–Trinajstić information content (AvgIpc) is 3.37. The van der Waals surface area contributed by atoms with E-state index in [0.717, 1.165) is 65.9 Å². The van der Waals surface area contributed by atoms with Crippen molar-refractivity contribution < 1.29 is 19.8 Å². The maximum Gasteiger partial charge on any atom is 0.336 e. The molecule has 3 fully saturated rings. The van der Waals surface area contributed by atoms with Gasteiger partial charge in [0.25, 0.3) is 0 Å². The summed E-state index contributed by atoms with van der Waals surface area (Å²) in [6.45, 7) is 12.4. The van der Waals surface area contributed by atoms with Crippen molar-refractivity contribution in [2.24, 2.45) is 52.3 Å². The molecule has 0 radical (unpaired) electrons. The van der Waals surface area contributed by atoms with Gasteiger partial charge >= 0.3 is 5.97 Å². The highest BCUT2D eigenvalue weighted by Gasteiger charge is 2.59. The molecule has 5 heteroatoms. The van der Waals surface area contributed by atoms with Crippen molar-refractivity contribution >= 4 is 5.97 Å². The first-order chi connectivity index (χ1) is 17.5. The second-order valence-corrected chi connectivity index (χ2v) is 14.0. The zero-order valence-electron chi connectivity index (χ0n) is 23.7. The molecule has 4 unspecified atom stereocenters. The fraction of sp³-hybridized carbons (Fsp3) is 0.781. The number of fused-ring (bicyclic) bond motifs is 5. The monoisotopic (exact) mass is 511 g/mol. The van der Waals surface area contributed by atoms with Crippen LogP contribution in [0.2, 0.25) is 0 Å². The van der Waals surface area contributed by atoms with Crippen molar-refractivity contribution in [2.75, 3.05) is 0 Å². The standard InChI is InChI=1S/C32H49NO4/c1-20(2)7-6-8-21(3)25-11-12-26-24-10-9-23-19-22(30(36)37-33-28(34)13-14-29(33)35)15-17-31(23,4)27(24)16-18-32(25,26)5/h9,13-14,20-22,24-27,34-35H,6-8,10-12,15-19H2,1-5H3/t21-,22?,24?,25-,26?,27?,31+,32-/m1/s1. The summed E-state index contributed by atoms with van der Waals surface area (Å²) in [5, 5.41) is 19.7. The van der Waals surface area contributed by atoms with Crippen molar-refractivity contribution in [3.05, 3.63) is 23.8 Å². The van der Waals surface area contributed by atoms with E-state index in [-0.39, 0.29) is 29.1 Å². The topological polar surface area (TPSA) is 71.7 Å². The summed E-state index contributed by atoms with van der Waals surface area (Å²) in [5.41, 5.74) is 2.12. The van der Waals surface area contributed by atoms with E-state index in [1.807, 2.05) is 0 Å². The van der Waals surface area contributed by atoms with Crippen molar-refractivity contribution in [2.45, 2.75) is 105 Å². The molecule has 1 aromatic heterocycles. The second kappa shape index (κ2) is 10.0. The van der Waals surface area contributed by atoms with Gasteiger partial charge < -0.3 is 15.1 Å². The molecule has 0 spiro atoms. The zero-order valence-corrected chi connectivity index (χ0v) is 23.7. The van der Waals surface area contributed by atoms with Crippen LogP contribution in [0.25, 0.3) is 0 Å². The molecule has 2 N–H and O–H groups in total. The smallest absolute Gasteiger partial charge is 0.336 e. The predicted molar refractivity (Wildman–Crippen MR) is 146 cm³/mol. The predicted octanol–water partition coefficient (Wildman–Crippen LogP) is 7.51. The lowest BCUT2D eigenvalue weighted by atomic mass is 9.46. The van der Waals surface area contributed by atoms with E-state index in [2.05, 4.69) is 40.7 Å². The first-order valence-corrected chi connectivity index (χ1v) is 15.1. The lowest BCUT2D eigenvalue weighted by Crippen LogP contribution is -2.51. The molecule has 0 aromatic carbocycles. The second-order valence-electron chi connectivity index (χ2n) is 14.0. The van der Waals surface area contributed by atoms with E-state index in [1.54, 1.807) is 0 Å². The van der Waals surface area contributed by atoms with Gasteiger partial charge in [0.2, 0.25) is 11.8 Å². The Bertz CT molecular complexity index is 1010. The van der Waals surface area contributed by atoms with Gasteiger partial charge in [-0.2, -0.15) is 0 Å². The minimum atomic E-state index is -0.367. The summed E-state index contributed by atoms with van der Waals surface area (Å²) in [7, 11) is 0. The molecule has 5 rings (SSSR count). The van der Waals surface area contributed by atoms with Crippen LogP contribution in [0.5, 0.6) is 11.8 Å². The van der Waals surface area contributed by atoms with Crippen molar-refractivity contribution in [3.8, 4) is 11.8 Å². The Morgan fingerprint density at radius 1 is 1.03 bits per heavy atom. The molecule has 4 aliphatic rings. The van der Waals surface area contributed by atoms with Gasteiger partial charge in [0.15, 0.2) is 0 Å². The van der Waals surface area contributed by atoms with Gasteiger partial charge in [-0.15, -0.1) is 4.73 Å². The molecule has 0 amide bonds. The Morgan fingerprint density at radius 3 is 2.46 bits per heavy atom. The van der Waals surface area contributed by atoms with E-state index < -0.39 is 0 Å². The molecule has 0 bridgehead atoms. The fourth-order valence-electron chi connectivity index (χ4n) is 9.55. The van der Waals surface area contributed by atoms with Crippen LogP contribution in [0.4, 0.5) is 0 Å². The minimum absolute atomic E-state index is 0.180. The molecule has 206 valence electrons. The minimum Gasteiger partial charge on any atom is -0.492 e. The third-order valence-corrected chi connectivity index (χ3v) is 11.6. The zero-order chi connectivity index (χ0) is 26.5. The van der Waals surface area contributed by atoms with Crippen LogP contribution >= 0.6 is 0 Å². The number of carbonyl (C=O) groups excluding carboxylic acids is 1. The summed E-state index contributed by atoms with van der Waals surface area (Å²) in [6.07, 6.45) is 15.8. The number of carbonyl (C=O) groups is 1. The lowest BCUT2D eigenvalue weighted by molar-refractivity contribution is -0.152. The fourth-order valence-corrected chi connectivity index (χ4v) is 9.55. The van der Waals surface area contributed by atoms with Crippen LogP contribution in [-0.2, 0) is 4.79 Å². The van der Waals surface area contributed by atoms with E-state index in [9.17, 15) is 15.0 Å². The molecule has 37 heavy (non-hydrogen) atoms. The van der Waals surface area contributed by atoms with Crippen LogP contribution in [0, 0.1) is 52.3 Å². The highest BCUT2D eigenvalue weighted by atomic mass is 16.7. The van der Waals surface area contributed by atoms with Gasteiger partial charge in [-0.3, -0.25) is 0 Å². The number of hydrogen-bond acceptors (Lipinski definition) is 4. The van der Waals surface area contributed by atoms with E-state index in [4.69, 9.17) is 4.84 Å². The highest BCUT2D eigenvalue weighted by Crippen LogP contribution is 2.67. The molecular weight excluding hydrogens is 462 g/mol. The molecule has 8 atom stereocenters. The molecule has 4 aliphatic carbocycles. The number of hydrogen-bond donors (Lipinski definition) is 2. The van der Waals surface area contributed by atoms with E-state index in [1.165, 1.54) is 62.7 Å². The van der Waals surface area contributed by atoms with Crippen LogP contribution in [0.15, 0.2) is 23.8 Å². The Kier molecular flexibility index (Phi) is 7.21. The van der Waals surface area contributed by atoms with Gasteiger partial charge in [0, 0.05) is 12.1 Å². The van der Waals surface area contributed by atoms with E-state index in [0.29, 0.717) is 5.41 Å². The summed E-state index contributed by atoms with van der Waals surface area (Å²) in [4.78, 5) is 18.3. The molecule has 3 saturated carbocycles. The Balaban J connectivity index is 1.27. The lowest BCUT2D eigenvalue weighted by Gasteiger charge is -2.58. The van der Waals surface area contributed by atoms with Crippen molar-refractivity contribution in [1.82, 2.24) is 4.73 Å². The molecule has 0 saturated heterocycles. The van der Waals surface area contributed by atoms with Crippen molar-refractivity contribution in [3.63, 3.8) is 0 Å². The number of aromatic hydroxyl groups is 2. The first kappa shape index (κ1) is 26.7. The molecular formula is C32H49NO4. The number of rotatable bonds is 7. The highest BCUT2D eigenvalue weighted by molar-refractivity contribution is 5.73. The number of aromatic nitrogens is 1.